The van der Waals surface area contributed by atoms with E-state index in [1.807, 2.05) is 12.1 Å². The van der Waals surface area contributed by atoms with Crippen LogP contribution in [0.5, 0.6) is 0 Å². The Morgan fingerprint density at radius 3 is 2.50 bits per heavy atom. The molecular weight excluding hydrogens is 244 g/mol. The van der Waals surface area contributed by atoms with E-state index in [-0.39, 0.29) is 0 Å². The van der Waals surface area contributed by atoms with Gasteiger partial charge in [-0.05, 0) is 44.6 Å². The lowest BCUT2D eigenvalue weighted by Gasteiger charge is -2.25. The Morgan fingerprint density at radius 2 is 1.89 bits per heavy atom. The third kappa shape index (κ3) is 5.38. The molecule has 0 aliphatic heterocycles. The van der Waals surface area contributed by atoms with E-state index >= 15 is 0 Å². The van der Waals surface area contributed by atoms with Gasteiger partial charge in [0.25, 0.3) is 0 Å². The fourth-order valence-electron chi connectivity index (χ4n) is 1.87. The molecule has 2 nitrogen and oxygen atoms in total. The number of benzene rings is 1. The lowest BCUT2D eigenvalue weighted by atomic mass is 10.1. The van der Waals surface area contributed by atoms with Crippen LogP contribution in [0.1, 0.15) is 38.3 Å². The van der Waals surface area contributed by atoms with Gasteiger partial charge in [0.2, 0.25) is 0 Å². The first kappa shape index (κ1) is 15.5. The summed E-state index contributed by atoms with van der Waals surface area (Å²) in [6, 6.07) is 8.55. The van der Waals surface area contributed by atoms with Gasteiger partial charge in [0.1, 0.15) is 0 Å². The van der Waals surface area contributed by atoms with Crippen molar-refractivity contribution in [2.75, 3.05) is 26.7 Å². The molecule has 0 fully saturated rings. The van der Waals surface area contributed by atoms with E-state index in [1.54, 1.807) is 0 Å². The number of halogens is 1. The third-order valence-corrected chi connectivity index (χ3v) is 3.61. The van der Waals surface area contributed by atoms with Crippen molar-refractivity contribution in [3.05, 3.63) is 34.9 Å². The molecule has 0 amide bonds. The molecule has 0 saturated carbocycles. The summed E-state index contributed by atoms with van der Waals surface area (Å²) in [5.74, 6) is 0. The fourth-order valence-corrected chi connectivity index (χ4v) is 2.00. The topological polar surface area (TPSA) is 15.3 Å². The molecule has 0 aliphatic carbocycles. The largest absolute Gasteiger partial charge is 0.315 e. The van der Waals surface area contributed by atoms with E-state index < -0.39 is 0 Å². The van der Waals surface area contributed by atoms with Gasteiger partial charge in [0.15, 0.2) is 0 Å². The van der Waals surface area contributed by atoms with Crippen LogP contribution < -0.4 is 5.32 Å². The molecule has 1 aromatic rings. The van der Waals surface area contributed by atoms with Gasteiger partial charge in [-0.2, -0.15) is 0 Å². The molecule has 1 aromatic carbocycles. The highest BCUT2D eigenvalue weighted by Crippen LogP contribution is 2.20. The summed E-state index contributed by atoms with van der Waals surface area (Å²) in [5, 5.41) is 4.27. The molecular formula is C15H25ClN2. The molecule has 0 radical (unpaired) electrons. The Balaban J connectivity index is 2.32. The van der Waals surface area contributed by atoms with Crippen LogP contribution >= 0.6 is 11.6 Å². The first-order valence-electron chi connectivity index (χ1n) is 6.81. The minimum atomic E-state index is 0.426. The molecule has 0 aliphatic rings. The van der Waals surface area contributed by atoms with Crippen LogP contribution in [0.15, 0.2) is 24.3 Å². The average Bonchev–Trinajstić information content (AvgIpc) is 2.38. The summed E-state index contributed by atoms with van der Waals surface area (Å²) in [7, 11) is 2.17. The lowest BCUT2D eigenvalue weighted by molar-refractivity contribution is 0.261. The van der Waals surface area contributed by atoms with Crippen molar-refractivity contribution in [2.45, 2.75) is 32.7 Å². The van der Waals surface area contributed by atoms with Gasteiger partial charge in [-0.1, -0.05) is 37.1 Å². The molecule has 0 saturated heterocycles. The highest BCUT2D eigenvalue weighted by molar-refractivity contribution is 6.30. The summed E-state index contributed by atoms with van der Waals surface area (Å²) >= 11 is 5.90. The lowest BCUT2D eigenvalue weighted by Crippen LogP contribution is -2.31. The predicted molar refractivity (Wildman–Crippen MR) is 80.3 cm³/mol. The average molecular weight is 269 g/mol. The van der Waals surface area contributed by atoms with Crippen molar-refractivity contribution in [3.8, 4) is 0 Å². The molecule has 1 N–H and O–H groups in total. The first-order valence-corrected chi connectivity index (χ1v) is 7.19. The molecule has 1 rings (SSSR count). The van der Waals surface area contributed by atoms with E-state index in [9.17, 15) is 0 Å². The van der Waals surface area contributed by atoms with Crippen LogP contribution in [0, 0.1) is 0 Å². The monoisotopic (exact) mass is 268 g/mol. The van der Waals surface area contributed by atoms with E-state index in [1.165, 1.54) is 18.4 Å². The van der Waals surface area contributed by atoms with Crippen molar-refractivity contribution in [2.24, 2.45) is 0 Å². The molecule has 0 spiro atoms. The van der Waals surface area contributed by atoms with E-state index in [0.717, 1.165) is 24.7 Å². The maximum Gasteiger partial charge on any atom is 0.0406 e. The van der Waals surface area contributed by atoms with Crippen molar-refractivity contribution in [1.29, 1.82) is 0 Å². The summed E-state index contributed by atoms with van der Waals surface area (Å²) in [5.41, 5.74) is 1.32. The Hall–Kier alpha value is -0.570. The van der Waals surface area contributed by atoms with Gasteiger partial charge in [0.05, 0.1) is 0 Å². The minimum absolute atomic E-state index is 0.426. The van der Waals surface area contributed by atoms with Crippen LogP contribution in [0.2, 0.25) is 5.02 Å². The van der Waals surface area contributed by atoms with Crippen molar-refractivity contribution in [3.63, 3.8) is 0 Å². The Labute approximate surface area is 116 Å². The molecule has 1 unspecified atom stereocenters. The maximum atomic E-state index is 5.90. The molecule has 0 heterocycles. The summed E-state index contributed by atoms with van der Waals surface area (Å²) in [6.07, 6.45) is 2.51. The van der Waals surface area contributed by atoms with E-state index in [4.69, 9.17) is 11.6 Å². The number of likely N-dealkylation sites (N-methyl/N-ethyl adjacent to an activating group) is 1. The SMILES string of the molecule is CCCCNCCN(C)C(C)c1ccc(Cl)cc1. The van der Waals surface area contributed by atoms with Crippen LogP contribution in [0.4, 0.5) is 0 Å². The quantitative estimate of drug-likeness (QED) is 0.723. The molecule has 0 bridgehead atoms. The highest BCUT2D eigenvalue weighted by atomic mass is 35.5. The second kappa shape index (κ2) is 8.52. The van der Waals surface area contributed by atoms with Crippen LogP contribution in [-0.4, -0.2) is 31.6 Å². The Bertz CT molecular complexity index is 324. The zero-order valence-electron chi connectivity index (χ0n) is 11.7. The van der Waals surface area contributed by atoms with E-state index in [0.29, 0.717) is 6.04 Å². The number of rotatable bonds is 8. The predicted octanol–water partition coefficient (Wildman–Crippen LogP) is 3.72. The van der Waals surface area contributed by atoms with E-state index in [2.05, 4.69) is 43.2 Å². The molecule has 0 aromatic heterocycles. The van der Waals surface area contributed by atoms with Gasteiger partial charge < -0.3 is 5.32 Å². The first-order chi connectivity index (χ1) is 8.65. The summed E-state index contributed by atoms with van der Waals surface area (Å²) in [6.45, 7) is 7.69. The number of hydrogen-bond donors (Lipinski definition) is 1. The molecule has 18 heavy (non-hydrogen) atoms. The molecule has 102 valence electrons. The maximum absolute atomic E-state index is 5.90. The Kier molecular flexibility index (Phi) is 7.33. The second-order valence-electron chi connectivity index (χ2n) is 4.81. The highest BCUT2D eigenvalue weighted by Gasteiger charge is 2.10. The standard InChI is InChI=1S/C15H25ClN2/c1-4-5-10-17-11-12-18(3)13(2)14-6-8-15(16)9-7-14/h6-9,13,17H,4-5,10-12H2,1-3H3. The zero-order chi connectivity index (χ0) is 13.4. The summed E-state index contributed by atoms with van der Waals surface area (Å²) < 4.78 is 0. The number of unbranched alkanes of at least 4 members (excludes halogenated alkanes) is 1. The van der Waals surface area contributed by atoms with Crippen molar-refractivity contribution >= 4 is 11.6 Å². The van der Waals surface area contributed by atoms with Gasteiger partial charge >= 0.3 is 0 Å². The number of nitrogens with zero attached hydrogens (tertiary/aromatic N) is 1. The normalized spacial score (nSPS) is 12.9. The van der Waals surface area contributed by atoms with Crippen LogP contribution in [-0.2, 0) is 0 Å². The van der Waals surface area contributed by atoms with Crippen LogP contribution in [0.3, 0.4) is 0 Å². The fraction of sp³-hybridized carbons (Fsp3) is 0.600. The second-order valence-corrected chi connectivity index (χ2v) is 5.25. The smallest absolute Gasteiger partial charge is 0.0406 e. The van der Waals surface area contributed by atoms with Crippen molar-refractivity contribution < 1.29 is 0 Å². The molecule has 1 atom stereocenters. The number of hydrogen-bond acceptors (Lipinski definition) is 2. The van der Waals surface area contributed by atoms with Crippen molar-refractivity contribution in [1.82, 2.24) is 10.2 Å². The minimum Gasteiger partial charge on any atom is -0.315 e. The Morgan fingerprint density at radius 1 is 1.22 bits per heavy atom. The van der Waals surface area contributed by atoms with Gasteiger partial charge in [0, 0.05) is 24.2 Å². The van der Waals surface area contributed by atoms with Gasteiger partial charge in [-0.3, -0.25) is 4.90 Å². The number of nitrogens with one attached hydrogen (secondary N) is 1. The third-order valence-electron chi connectivity index (χ3n) is 3.36. The van der Waals surface area contributed by atoms with Crippen LogP contribution in [0.25, 0.3) is 0 Å². The van der Waals surface area contributed by atoms with Gasteiger partial charge in [-0.15, -0.1) is 0 Å². The zero-order valence-corrected chi connectivity index (χ0v) is 12.5. The molecule has 3 heteroatoms. The summed E-state index contributed by atoms with van der Waals surface area (Å²) in [4.78, 5) is 2.36. The van der Waals surface area contributed by atoms with Gasteiger partial charge in [-0.25, -0.2) is 0 Å².